The van der Waals surface area contributed by atoms with Crippen LogP contribution in [0.3, 0.4) is 0 Å². The molecule has 0 N–H and O–H groups in total. The second-order valence-electron chi connectivity index (χ2n) is 5.98. The van der Waals surface area contributed by atoms with Gasteiger partial charge in [-0.15, -0.1) is 11.3 Å². The zero-order valence-electron chi connectivity index (χ0n) is 13.4. The first-order valence-electron chi connectivity index (χ1n) is 8.04. The topological polar surface area (TPSA) is 46.3 Å². The first-order valence-corrected chi connectivity index (χ1v) is 9.86. The average molecular weight is 358 g/mol. The molecular formula is C18H18N2O2S2. The van der Waals surface area contributed by atoms with Gasteiger partial charge in [-0.05, 0) is 53.6 Å². The van der Waals surface area contributed by atoms with Gasteiger partial charge in [0.15, 0.2) is 0 Å². The predicted molar refractivity (Wildman–Crippen MR) is 96.3 cm³/mol. The number of hydrogen-bond acceptors (Lipinski definition) is 5. The fourth-order valence-electron chi connectivity index (χ4n) is 3.22. The van der Waals surface area contributed by atoms with E-state index in [4.69, 9.17) is 4.42 Å². The molecule has 24 heavy (non-hydrogen) atoms. The summed E-state index contributed by atoms with van der Waals surface area (Å²) in [5, 5.41) is 6.22. The van der Waals surface area contributed by atoms with Gasteiger partial charge in [0.05, 0.1) is 23.0 Å². The van der Waals surface area contributed by atoms with E-state index < -0.39 is 0 Å². The molecule has 1 aliphatic rings. The van der Waals surface area contributed by atoms with E-state index in [9.17, 15) is 4.79 Å². The number of amides is 1. The number of oxazole rings is 1. The molecule has 1 fully saturated rings. The van der Waals surface area contributed by atoms with E-state index in [1.54, 1.807) is 22.7 Å². The van der Waals surface area contributed by atoms with Gasteiger partial charge in [-0.1, -0.05) is 6.07 Å². The van der Waals surface area contributed by atoms with Crippen molar-refractivity contribution < 1.29 is 9.21 Å². The molecule has 6 heteroatoms. The van der Waals surface area contributed by atoms with Gasteiger partial charge >= 0.3 is 0 Å². The highest BCUT2D eigenvalue weighted by Gasteiger charge is 2.31. The normalized spacial score (nSPS) is 17.5. The molecule has 124 valence electrons. The van der Waals surface area contributed by atoms with Crippen LogP contribution in [0.1, 0.15) is 35.9 Å². The molecule has 3 aromatic rings. The van der Waals surface area contributed by atoms with Crippen LogP contribution in [0, 0.1) is 6.92 Å². The smallest absolute Gasteiger partial charge is 0.236 e. The van der Waals surface area contributed by atoms with Crippen molar-refractivity contribution in [3.05, 3.63) is 51.4 Å². The summed E-state index contributed by atoms with van der Waals surface area (Å²) >= 11 is 3.27. The minimum atomic E-state index is 0.137. The van der Waals surface area contributed by atoms with Crippen molar-refractivity contribution in [1.82, 2.24) is 9.88 Å². The molecule has 0 saturated carbocycles. The Labute approximate surface area is 148 Å². The maximum absolute atomic E-state index is 12.8. The minimum Gasteiger partial charge on any atom is -0.440 e. The van der Waals surface area contributed by atoms with Gasteiger partial charge < -0.3 is 9.32 Å². The monoisotopic (exact) mass is 358 g/mol. The Hall–Kier alpha value is -1.92. The lowest BCUT2D eigenvalue weighted by atomic mass is 10.1. The third kappa shape index (κ3) is 2.91. The number of carbonyl (C=O) groups is 1. The molecule has 0 unspecified atom stereocenters. The van der Waals surface area contributed by atoms with Crippen molar-refractivity contribution in [3.8, 4) is 10.8 Å². The third-order valence-corrected chi connectivity index (χ3v) is 6.00. The molecule has 1 atom stereocenters. The number of aromatic nitrogens is 1. The largest absolute Gasteiger partial charge is 0.440 e. The van der Waals surface area contributed by atoms with Crippen LogP contribution in [-0.4, -0.2) is 22.3 Å². The fraction of sp³-hybridized carbons (Fsp3) is 0.333. The molecule has 3 aromatic heterocycles. The summed E-state index contributed by atoms with van der Waals surface area (Å²) in [7, 11) is 0. The van der Waals surface area contributed by atoms with E-state index in [2.05, 4.69) is 21.8 Å². The Morgan fingerprint density at radius 2 is 2.33 bits per heavy atom. The molecule has 0 aliphatic carbocycles. The number of rotatable bonds is 4. The first kappa shape index (κ1) is 15.6. The van der Waals surface area contributed by atoms with E-state index >= 15 is 0 Å². The summed E-state index contributed by atoms with van der Waals surface area (Å²) in [6, 6.07) is 6.29. The summed E-state index contributed by atoms with van der Waals surface area (Å²) < 4.78 is 5.75. The average Bonchev–Trinajstić information content (AvgIpc) is 3.36. The molecule has 4 nitrogen and oxygen atoms in total. The maximum Gasteiger partial charge on any atom is 0.236 e. The third-order valence-electron chi connectivity index (χ3n) is 4.44. The highest BCUT2D eigenvalue weighted by Crippen LogP contribution is 2.34. The predicted octanol–water partition coefficient (Wildman–Crippen LogP) is 4.68. The quantitative estimate of drug-likeness (QED) is 0.680. The van der Waals surface area contributed by atoms with Gasteiger partial charge in [-0.2, -0.15) is 11.3 Å². The van der Waals surface area contributed by atoms with Gasteiger partial charge in [0.2, 0.25) is 11.8 Å². The summed E-state index contributed by atoms with van der Waals surface area (Å²) in [5.74, 6) is 1.48. The van der Waals surface area contributed by atoms with Crippen LogP contribution in [0.25, 0.3) is 10.8 Å². The van der Waals surface area contributed by atoms with Crippen molar-refractivity contribution in [2.45, 2.75) is 32.2 Å². The van der Waals surface area contributed by atoms with Crippen LogP contribution in [0.2, 0.25) is 0 Å². The molecule has 4 rings (SSSR count). The lowest BCUT2D eigenvalue weighted by Crippen LogP contribution is -2.31. The van der Waals surface area contributed by atoms with E-state index in [0.29, 0.717) is 12.3 Å². The number of thiophene rings is 2. The van der Waals surface area contributed by atoms with Crippen LogP contribution in [0.5, 0.6) is 0 Å². The zero-order valence-corrected chi connectivity index (χ0v) is 15.0. The van der Waals surface area contributed by atoms with Crippen molar-refractivity contribution in [1.29, 1.82) is 0 Å². The van der Waals surface area contributed by atoms with Crippen LogP contribution < -0.4 is 0 Å². The summed E-state index contributed by atoms with van der Waals surface area (Å²) in [6.45, 7) is 2.71. The van der Waals surface area contributed by atoms with Crippen LogP contribution in [-0.2, 0) is 11.2 Å². The lowest BCUT2D eigenvalue weighted by Gasteiger charge is -2.24. The van der Waals surface area contributed by atoms with Gasteiger partial charge in [0, 0.05) is 6.54 Å². The van der Waals surface area contributed by atoms with Crippen molar-refractivity contribution in [3.63, 3.8) is 0 Å². The number of hydrogen-bond donors (Lipinski definition) is 0. The van der Waals surface area contributed by atoms with E-state index in [1.165, 1.54) is 5.56 Å². The molecule has 4 heterocycles. The Bertz CT molecular complexity index is 821. The molecule has 0 spiro atoms. The molecule has 0 radical (unpaired) electrons. The van der Waals surface area contributed by atoms with Gasteiger partial charge in [0.25, 0.3) is 0 Å². The number of likely N-dealkylation sites (tertiary alicyclic amines) is 1. The SMILES string of the molecule is Cc1oc(-c2cccs2)nc1CC(=O)N1CCC[C@H]1c1ccsc1. The van der Waals surface area contributed by atoms with Crippen LogP contribution in [0.15, 0.2) is 38.8 Å². The molecular weight excluding hydrogens is 340 g/mol. The molecule has 1 saturated heterocycles. The second-order valence-corrected chi connectivity index (χ2v) is 7.71. The van der Waals surface area contributed by atoms with Crippen LogP contribution in [0.4, 0.5) is 0 Å². The van der Waals surface area contributed by atoms with Gasteiger partial charge in [-0.3, -0.25) is 4.79 Å². The van der Waals surface area contributed by atoms with Crippen molar-refractivity contribution >= 4 is 28.6 Å². The Kier molecular flexibility index (Phi) is 4.24. The first-order chi connectivity index (χ1) is 11.7. The Morgan fingerprint density at radius 3 is 3.08 bits per heavy atom. The van der Waals surface area contributed by atoms with E-state index in [-0.39, 0.29) is 11.9 Å². The number of aryl methyl sites for hydroxylation is 1. The van der Waals surface area contributed by atoms with Gasteiger partial charge in [-0.25, -0.2) is 4.98 Å². The molecule has 0 aromatic carbocycles. The Morgan fingerprint density at radius 1 is 1.42 bits per heavy atom. The molecule has 0 bridgehead atoms. The fourth-order valence-corrected chi connectivity index (χ4v) is 4.57. The minimum absolute atomic E-state index is 0.137. The second kappa shape index (κ2) is 6.53. The summed E-state index contributed by atoms with van der Waals surface area (Å²) in [5.41, 5.74) is 2.00. The maximum atomic E-state index is 12.8. The van der Waals surface area contributed by atoms with Crippen molar-refractivity contribution in [2.24, 2.45) is 0 Å². The lowest BCUT2D eigenvalue weighted by molar-refractivity contribution is -0.131. The van der Waals surface area contributed by atoms with E-state index in [1.807, 2.05) is 29.3 Å². The summed E-state index contributed by atoms with van der Waals surface area (Å²) in [6.07, 6.45) is 2.41. The molecule has 1 aliphatic heterocycles. The zero-order chi connectivity index (χ0) is 16.5. The summed E-state index contributed by atoms with van der Waals surface area (Å²) in [4.78, 5) is 20.4. The highest BCUT2D eigenvalue weighted by molar-refractivity contribution is 7.13. The number of carbonyl (C=O) groups excluding carboxylic acids is 1. The van der Waals surface area contributed by atoms with Gasteiger partial charge in [0.1, 0.15) is 5.76 Å². The van der Waals surface area contributed by atoms with Crippen molar-refractivity contribution in [2.75, 3.05) is 6.54 Å². The number of nitrogens with zero attached hydrogens (tertiary/aromatic N) is 2. The van der Waals surface area contributed by atoms with Crippen LogP contribution >= 0.6 is 22.7 Å². The highest BCUT2D eigenvalue weighted by atomic mass is 32.1. The van der Waals surface area contributed by atoms with E-state index in [0.717, 1.165) is 35.7 Å². The standard InChI is InChI=1S/C18H18N2O2S2/c1-12-14(19-18(22-12)16-5-3-8-24-16)10-17(21)20-7-2-4-15(20)13-6-9-23-11-13/h3,5-6,8-9,11,15H,2,4,7,10H2,1H3/t15-/m0/s1. The Balaban J connectivity index is 1.52. The molecule has 1 amide bonds.